The highest BCUT2D eigenvalue weighted by molar-refractivity contribution is 7.18. The molecule has 0 saturated carbocycles. The molecule has 3 aromatic rings. The number of pyridine rings is 1. The molecule has 0 bridgehead atoms. The summed E-state index contributed by atoms with van der Waals surface area (Å²) in [5, 5.41) is 5.93. The van der Waals surface area contributed by atoms with E-state index in [0.717, 1.165) is 36.1 Å². The van der Waals surface area contributed by atoms with Crippen molar-refractivity contribution in [2.75, 3.05) is 11.9 Å². The van der Waals surface area contributed by atoms with E-state index < -0.39 is 0 Å². The summed E-state index contributed by atoms with van der Waals surface area (Å²) in [7, 11) is 0. The van der Waals surface area contributed by atoms with Crippen molar-refractivity contribution >= 4 is 39.1 Å². The number of rotatable bonds is 6. The topological polar surface area (TPSA) is 106 Å². The summed E-state index contributed by atoms with van der Waals surface area (Å²) in [5.41, 5.74) is 1.62. The third-order valence-electron chi connectivity index (χ3n) is 4.91. The Kier molecular flexibility index (Phi) is 5.66. The molecule has 9 heteroatoms. The van der Waals surface area contributed by atoms with E-state index in [9.17, 15) is 14.4 Å². The van der Waals surface area contributed by atoms with Crippen molar-refractivity contribution in [3.8, 4) is 0 Å². The first-order valence-corrected chi connectivity index (χ1v) is 10.4. The zero-order valence-electron chi connectivity index (χ0n) is 15.8. The van der Waals surface area contributed by atoms with Gasteiger partial charge < -0.3 is 10.6 Å². The molecular formula is C20H21N5O3S. The lowest BCUT2D eigenvalue weighted by molar-refractivity contribution is -0.124. The number of carbonyl (C=O) groups excluding carboxylic acids is 2. The summed E-state index contributed by atoms with van der Waals surface area (Å²) >= 11 is 1.61. The average molecular weight is 411 g/mol. The Morgan fingerprint density at radius 1 is 1.21 bits per heavy atom. The Morgan fingerprint density at radius 2 is 2.07 bits per heavy atom. The van der Waals surface area contributed by atoms with Gasteiger partial charge in [0.2, 0.25) is 11.8 Å². The highest BCUT2D eigenvalue weighted by Crippen LogP contribution is 2.33. The van der Waals surface area contributed by atoms with E-state index >= 15 is 0 Å². The molecule has 4 rings (SSSR count). The number of hydrogen-bond donors (Lipinski definition) is 2. The predicted octanol–water partition coefficient (Wildman–Crippen LogP) is 1.88. The second-order valence-electron chi connectivity index (χ2n) is 6.95. The lowest BCUT2D eigenvalue weighted by atomic mass is 9.97. The molecule has 3 heterocycles. The molecule has 0 atom stereocenters. The first kappa shape index (κ1) is 19.3. The fraction of sp³-hybridized carbons (Fsp3) is 0.350. The normalized spacial score (nSPS) is 13.1. The number of thiophene rings is 1. The SMILES string of the molecule is O=C(CCn1cnc2sc3c(c2c1=O)CCCC3)NCC(=O)Nc1cccnc1. The molecule has 1 aliphatic carbocycles. The van der Waals surface area contributed by atoms with Crippen molar-refractivity contribution < 1.29 is 9.59 Å². The van der Waals surface area contributed by atoms with E-state index in [0.29, 0.717) is 11.1 Å². The molecular weight excluding hydrogens is 390 g/mol. The highest BCUT2D eigenvalue weighted by Gasteiger charge is 2.20. The van der Waals surface area contributed by atoms with Gasteiger partial charge in [-0.1, -0.05) is 0 Å². The van der Waals surface area contributed by atoms with Crippen molar-refractivity contribution in [1.82, 2.24) is 19.9 Å². The predicted molar refractivity (Wildman–Crippen MR) is 111 cm³/mol. The fourth-order valence-electron chi connectivity index (χ4n) is 3.47. The molecule has 0 aliphatic heterocycles. The van der Waals surface area contributed by atoms with Gasteiger partial charge in [0.15, 0.2) is 0 Å². The zero-order chi connectivity index (χ0) is 20.2. The van der Waals surface area contributed by atoms with E-state index in [1.54, 1.807) is 29.7 Å². The highest BCUT2D eigenvalue weighted by atomic mass is 32.1. The molecule has 0 fully saturated rings. The van der Waals surface area contributed by atoms with Crippen LogP contribution in [0.3, 0.4) is 0 Å². The van der Waals surface area contributed by atoms with E-state index in [-0.39, 0.29) is 36.9 Å². The quantitative estimate of drug-likeness (QED) is 0.644. The van der Waals surface area contributed by atoms with Crippen LogP contribution in [0.5, 0.6) is 0 Å². The van der Waals surface area contributed by atoms with Crippen LogP contribution < -0.4 is 16.2 Å². The second-order valence-corrected chi connectivity index (χ2v) is 8.03. The van der Waals surface area contributed by atoms with Gasteiger partial charge in [-0.25, -0.2) is 4.98 Å². The molecule has 0 spiro atoms. The number of nitrogens with one attached hydrogen (secondary N) is 2. The molecule has 2 N–H and O–H groups in total. The van der Waals surface area contributed by atoms with Crippen LogP contribution in [0.4, 0.5) is 5.69 Å². The standard InChI is InChI=1S/C20H21N5O3S/c26-16(22-11-17(27)24-13-4-3-8-21-10-13)7-9-25-12-23-19-18(20(25)28)14-5-1-2-6-15(14)29-19/h3-4,8,10,12H,1-2,5-7,9,11H2,(H,22,26)(H,24,27). The number of carbonyl (C=O) groups is 2. The molecule has 8 nitrogen and oxygen atoms in total. The van der Waals surface area contributed by atoms with Crippen molar-refractivity contribution in [2.24, 2.45) is 0 Å². The van der Waals surface area contributed by atoms with E-state index in [2.05, 4.69) is 20.6 Å². The molecule has 0 unspecified atom stereocenters. The van der Waals surface area contributed by atoms with Crippen LogP contribution in [-0.4, -0.2) is 32.9 Å². The maximum atomic E-state index is 12.9. The number of nitrogens with zero attached hydrogens (tertiary/aromatic N) is 3. The van der Waals surface area contributed by atoms with Gasteiger partial charge in [-0.15, -0.1) is 11.3 Å². The largest absolute Gasteiger partial charge is 0.347 e. The summed E-state index contributed by atoms with van der Waals surface area (Å²) in [4.78, 5) is 47.2. The lowest BCUT2D eigenvalue weighted by Gasteiger charge is -2.10. The van der Waals surface area contributed by atoms with Gasteiger partial charge in [-0.05, 0) is 43.4 Å². The Morgan fingerprint density at radius 3 is 2.90 bits per heavy atom. The van der Waals surface area contributed by atoms with Gasteiger partial charge in [0.25, 0.3) is 5.56 Å². The monoisotopic (exact) mass is 411 g/mol. The average Bonchev–Trinajstić information content (AvgIpc) is 3.12. The molecule has 2 amide bonds. The van der Waals surface area contributed by atoms with Crippen LogP contribution in [0.1, 0.15) is 29.7 Å². The van der Waals surface area contributed by atoms with Gasteiger partial charge >= 0.3 is 0 Å². The van der Waals surface area contributed by atoms with Gasteiger partial charge in [-0.3, -0.25) is 23.9 Å². The summed E-state index contributed by atoms with van der Waals surface area (Å²) in [6, 6.07) is 3.42. The third kappa shape index (κ3) is 4.34. The molecule has 0 aromatic carbocycles. The van der Waals surface area contributed by atoms with Crippen molar-refractivity contribution in [3.63, 3.8) is 0 Å². The Balaban J connectivity index is 1.34. The molecule has 1 aliphatic rings. The second kappa shape index (κ2) is 8.52. The fourth-order valence-corrected chi connectivity index (χ4v) is 4.69. The molecule has 29 heavy (non-hydrogen) atoms. The van der Waals surface area contributed by atoms with Gasteiger partial charge in [0, 0.05) is 24.0 Å². The van der Waals surface area contributed by atoms with E-state index in [1.807, 2.05) is 0 Å². The lowest BCUT2D eigenvalue weighted by Crippen LogP contribution is -2.34. The number of fused-ring (bicyclic) bond motifs is 3. The van der Waals surface area contributed by atoms with Crippen LogP contribution in [0.25, 0.3) is 10.2 Å². The van der Waals surface area contributed by atoms with Gasteiger partial charge in [0.05, 0.1) is 30.1 Å². The maximum Gasteiger partial charge on any atom is 0.262 e. The van der Waals surface area contributed by atoms with Crippen molar-refractivity contribution in [1.29, 1.82) is 0 Å². The van der Waals surface area contributed by atoms with E-state index in [4.69, 9.17) is 0 Å². The molecule has 0 radical (unpaired) electrons. The molecule has 0 saturated heterocycles. The van der Waals surface area contributed by atoms with Crippen LogP contribution in [0.15, 0.2) is 35.6 Å². The van der Waals surface area contributed by atoms with Crippen molar-refractivity contribution in [3.05, 3.63) is 51.6 Å². The minimum absolute atomic E-state index is 0.0866. The first-order chi connectivity index (χ1) is 14.1. The summed E-state index contributed by atoms with van der Waals surface area (Å²) < 4.78 is 1.49. The Hall–Kier alpha value is -3.07. The number of hydrogen-bond acceptors (Lipinski definition) is 6. The zero-order valence-corrected chi connectivity index (χ0v) is 16.6. The summed E-state index contributed by atoms with van der Waals surface area (Å²) in [6.07, 6.45) is 8.92. The van der Waals surface area contributed by atoms with Crippen LogP contribution >= 0.6 is 11.3 Å². The minimum Gasteiger partial charge on any atom is -0.347 e. The number of aromatic nitrogens is 3. The van der Waals surface area contributed by atoms with E-state index in [1.165, 1.54) is 22.0 Å². The van der Waals surface area contributed by atoms with Crippen LogP contribution in [0, 0.1) is 0 Å². The summed E-state index contributed by atoms with van der Waals surface area (Å²) in [5.74, 6) is -0.637. The first-order valence-electron chi connectivity index (χ1n) is 9.58. The van der Waals surface area contributed by atoms with Crippen molar-refractivity contribution in [2.45, 2.75) is 38.6 Å². The third-order valence-corrected chi connectivity index (χ3v) is 6.11. The van der Waals surface area contributed by atoms with Crippen LogP contribution in [0.2, 0.25) is 0 Å². The van der Waals surface area contributed by atoms with Gasteiger partial charge in [0.1, 0.15) is 4.83 Å². The molecule has 150 valence electrons. The number of aryl methyl sites for hydroxylation is 3. The Labute approximate surface area is 171 Å². The van der Waals surface area contributed by atoms with Crippen LogP contribution in [-0.2, 0) is 29.0 Å². The Bertz CT molecular complexity index is 1110. The minimum atomic E-state index is -0.337. The number of amides is 2. The van der Waals surface area contributed by atoms with Gasteiger partial charge in [-0.2, -0.15) is 0 Å². The molecule has 3 aromatic heterocycles. The smallest absolute Gasteiger partial charge is 0.262 e. The summed E-state index contributed by atoms with van der Waals surface area (Å²) in [6.45, 7) is 0.0837. The number of anilines is 1. The maximum absolute atomic E-state index is 12.9.